The van der Waals surface area contributed by atoms with Crippen molar-refractivity contribution in [1.82, 2.24) is 19.5 Å². The number of allylic oxidation sites excluding steroid dienone is 1. The third-order valence-electron chi connectivity index (χ3n) is 3.75. The highest BCUT2D eigenvalue weighted by Crippen LogP contribution is 2.33. The van der Waals surface area contributed by atoms with Crippen LogP contribution in [-0.4, -0.2) is 56.2 Å². The van der Waals surface area contributed by atoms with Crippen LogP contribution in [0.3, 0.4) is 0 Å². The number of hydrogen-bond acceptors (Lipinski definition) is 6. The molecule has 2 aromatic rings. The number of nitrogens with zero attached hydrogens (tertiary/aromatic N) is 4. The average molecular weight is 309 g/mol. The molecule has 0 bridgehead atoms. The zero-order valence-electron chi connectivity index (χ0n) is 12.8. The van der Waals surface area contributed by atoms with E-state index in [0.717, 1.165) is 12.1 Å². The minimum Gasteiger partial charge on any atom is -0.394 e. The molecule has 1 aliphatic heterocycles. The van der Waals surface area contributed by atoms with Crippen molar-refractivity contribution in [2.45, 2.75) is 37.4 Å². The van der Waals surface area contributed by atoms with Crippen LogP contribution >= 0.6 is 0 Å². The van der Waals surface area contributed by atoms with Crippen molar-refractivity contribution < 1.29 is 19.3 Å². The Morgan fingerprint density at radius 1 is 1.50 bits per heavy atom. The second-order valence-electron chi connectivity index (χ2n) is 5.14. The van der Waals surface area contributed by atoms with Gasteiger partial charge < -0.3 is 15.0 Å². The van der Waals surface area contributed by atoms with Gasteiger partial charge in [0.05, 0.1) is 18.6 Å². The fourth-order valence-corrected chi connectivity index (χ4v) is 2.57. The molecule has 0 spiro atoms. The summed E-state index contributed by atoms with van der Waals surface area (Å²) in [5.74, 6) is 0. The van der Waals surface area contributed by atoms with E-state index in [1.165, 1.54) is 17.2 Å². The molecule has 8 heteroatoms. The van der Waals surface area contributed by atoms with Crippen LogP contribution < -0.4 is 0 Å². The minimum absolute atomic E-state index is 0.218. The summed E-state index contributed by atoms with van der Waals surface area (Å²) in [7, 11) is 0. The Morgan fingerprint density at radius 2 is 2.36 bits per heavy atom. The van der Waals surface area contributed by atoms with Crippen molar-refractivity contribution in [3.8, 4) is 0 Å². The number of ether oxygens (including phenoxy) is 1. The second-order valence-corrected chi connectivity index (χ2v) is 5.14. The number of aliphatic hydroxyl groups excluding tert-OH is 2. The molecule has 1 fully saturated rings. The van der Waals surface area contributed by atoms with Crippen LogP contribution in [0.25, 0.3) is 11.2 Å². The molecule has 0 aliphatic carbocycles. The van der Waals surface area contributed by atoms with Gasteiger partial charge in [0, 0.05) is 0 Å². The molecule has 3 rings (SSSR count). The van der Waals surface area contributed by atoms with Gasteiger partial charge in [-0.3, -0.25) is 4.57 Å². The number of rotatable bonds is 6. The second kappa shape index (κ2) is 6.07. The first-order valence-corrected chi connectivity index (χ1v) is 7.00. The highest BCUT2D eigenvalue weighted by molar-refractivity contribution is 5.73. The van der Waals surface area contributed by atoms with Crippen molar-refractivity contribution in [3.05, 3.63) is 31.0 Å². The Hall–Kier alpha value is -1.90. The summed E-state index contributed by atoms with van der Waals surface area (Å²) < 4.78 is 28.0. The molecule has 0 radical (unpaired) electrons. The Bertz CT molecular complexity index is 698. The van der Waals surface area contributed by atoms with Gasteiger partial charge in [0.1, 0.15) is 24.1 Å². The summed E-state index contributed by atoms with van der Waals surface area (Å²) in [6.45, 7) is 3.46. The molecule has 0 amide bonds. The lowest BCUT2D eigenvalue weighted by molar-refractivity contribution is -0.0459. The van der Waals surface area contributed by atoms with Gasteiger partial charge in [-0.2, -0.15) is 0 Å². The summed E-state index contributed by atoms with van der Waals surface area (Å²) in [6.07, 6.45) is 0.971. The predicted molar refractivity (Wildman–Crippen MR) is 75.7 cm³/mol. The smallest absolute Gasteiger partial charge is 0.210 e. The lowest BCUT2D eigenvalue weighted by atomic mass is 10.1. The number of aromatic nitrogens is 4. The summed E-state index contributed by atoms with van der Waals surface area (Å²) >= 11 is 0. The van der Waals surface area contributed by atoms with Crippen molar-refractivity contribution in [2.75, 3.05) is 6.61 Å². The molecule has 2 N–H and O–H groups in total. The Morgan fingerprint density at radius 3 is 3.14 bits per heavy atom. The zero-order valence-corrected chi connectivity index (χ0v) is 11.8. The van der Waals surface area contributed by atoms with Gasteiger partial charge in [-0.25, -0.2) is 19.3 Å². The summed E-state index contributed by atoms with van der Waals surface area (Å²) in [4.78, 5) is 12.6. The quantitative estimate of drug-likeness (QED) is 0.756. The number of hydrogen-bond donors (Lipinski definition) is 2. The van der Waals surface area contributed by atoms with Crippen LogP contribution in [0.15, 0.2) is 25.3 Å². The maximum absolute atomic E-state index is 14.4. The van der Waals surface area contributed by atoms with E-state index in [1.807, 2.05) is 0 Å². The third-order valence-corrected chi connectivity index (χ3v) is 3.75. The number of alkyl halides is 1. The summed E-state index contributed by atoms with van der Waals surface area (Å²) in [5.41, 5.74) is 1.75. The maximum Gasteiger partial charge on any atom is 0.210 e. The Labute approximate surface area is 127 Å². The summed E-state index contributed by atoms with van der Waals surface area (Å²) in [6, 6.07) is 0. The van der Waals surface area contributed by atoms with Crippen LogP contribution in [0, 0.1) is 0 Å². The molecule has 0 unspecified atom stereocenters. The fraction of sp³-hybridized carbons (Fsp3) is 0.500. The highest BCUT2D eigenvalue weighted by Gasteiger charge is 2.45. The van der Waals surface area contributed by atoms with Crippen molar-refractivity contribution in [2.24, 2.45) is 0 Å². The maximum atomic E-state index is 14.4. The normalized spacial score (nSPS) is 28.9. The number of fused-ring (bicyclic) bond motifs is 1. The van der Waals surface area contributed by atoms with E-state index in [4.69, 9.17) is 6.17 Å². The average Bonchev–Trinajstić information content (AvgIpc) is 3.10. The minimum atomic E-state index is -1.67. The molecular weight excluding hydrogens is 291 g/mol. The zero-order chi connectivity index (χ0) is 16.4. The molecular formula is C14H17FN4O3. The SMILES string of the molecule is [2H]OC[C@H]1O[C@@H](n2cnc3c(CCC=C)ncnc32)[C@H](F)[C@@H]1O. The van der Waals surface area contributed by atoms with Crippen LogP contribution in [0.2, 0.25) is 0 Å². The molecule has 4 atom stereocenters. The van der Waals surface area contributed by atoms with E-state index in [0.29, 0.717) is 17.6 Å². The molecule has 0 saturated carbocycles. The first-order valence-electron chi connectivity index (χ1n) is 7.41. The molecule has 118 valence electrons. The number of aliphatic hydroxyl groups is 2. The van der Waals surface area contributed by atoms with Crippen molar-refractivity contribution in [3.63, 3.8) is 0 Å². The van der Waals surface area contributed by atoms with E-state index < -0.39 is 24.6 Å². The van der Waals surface area contributed by atoms with Gasteiger partial charge in [0.2, 0.25) is 1.43 Å². The van der Waals surface area contributed by atoms with Gasteiger partial charge in [-0.15, -0.1) is 6.58 Å². The standard InChI is InChI=1S/C14H17FN4O3/c1-2-3-4-8-11-13(17-6-16-8)19(7-18-11)14-10(15)12(21)9(5-20)22-14/h2,6-7,9-10,12,14,20-21H,1,3-5H2/t9-,10-,12-,14-/m1/s1/i20D. The molecule has 0 aromatic carbocycles. The number of aryl methyl sites for hydroxylation is 1. The van der Waals surface area contributed by atoms with E-state index >= 15 is 0 Å². The largest absolute Gasteiger partial charge is 0.394 e. The van der Waals surface area contributed by atoms with E-state index in [-0.39, 0.29) is 6.61 Å². The topological polar surface area (TPSA) is 93.3 Å². The van der Waals surface area contributed by atoms with Crippen molar-refractivity contribution in [1.29, 1.82) is 1.43 Å². The van der Waals surface area contributed by atoms with Gasteiger partial charge in [0.25, 0.3) is 0 Å². The van der Waals surface area contributed by atoms with E-state index in [9.17, 15) is 9.50 Å². The molecule has 2 aromatic heterocycles. The lowest BCUT2D eigenvalue weighted by Gasteiger charge is -2.15. The molecule has 22 heavy (non-hydrogen) atoms. The third kappa shape index (κ3) is 2.39. The molecule has 1 saturated heterocycles. The lowest BCUT2D eigenvalue weighted by Crippen LogP contribution is -2.30. The Balaban J connectivity index is 1.93. The van der Waals surface area contributed by atoms with Crippen molar-refractivity contribution >= 4 is 11.2 Å². The molecule has 1 aliphatic rings. The van der Waals surface area contributed by atoms with E-state index in [2.05, 4.69) is 26.6 Å². The Kier molecular flexibility index (Phi) is 3.79. The highest BCUT2D eigenvalue weighted by atomic mass is 19.1. The van der Waals surface area contributed by atoms with Crippen LogP contribution in [-0.2, 0) is 11.2 Å². The van der Waals surface area contributed by atoms with Gasteiger partial charge in [-0.05, 0) is 12.8 Å². The number of imidazole rings is 1. The van der Waals surface area contributed by atoms with Crippen LogP contribution in [0.5, 0.6) is 0 Å². The van der Waals surface area contributed by atoms with Crippen LogP contribution in [0.1, 0.15) is 18.3 Å². The van der Waals surface area contributed by atoms with Gasteiger partial charge >= 0.3 is 0 Å². The summed E-state index contributed by atoms with van der Waals surface area (Å²) in [5, 5.41) is 14.1. The molecule has 3 heterocycles. The fourth-order valence-electron chi connectivity index (χ4n) is 2.57. The predicted octanol–water partition coefficient (Wildman–Crippen LogP) is 0.534. The number of halogens is 1. The van der Waals surface area contributed by atoms with Gasteiger partial charge in [-0.1, -0.05) is 6.08 Å². The first-order chi connectivity index (χ1) is 11.2. The van der Waals surface area contributed by atoms with Crippen LogP contribution in [0.4, 0.5) is 4.39 Å². The van der Waals surface area contributed by atoms with Gasteiger partial charge in [0.15, 0.2) is 18.0 Å². The monoisotopic (exact) mass is 309 g/mol. The molecule has 7 nitrogen and oxygen atoms in total. The van der Waals surface area contributed by atoms with E-state index in [1.54, 1.807) is 6.08 Å². The first kappa shape index (κ1) is 13.7.